The SMILES string of the molecule is COc1ccc(F)cc1C(=O)Nc1cccc(-c2nnc3n2CCCCC3)c1. The van der Waals surface area contributed by atoms with E-state index in [-0.39, 0.29) is 5.56 Å². The van der Waals surface area contributed by atoms with E-state index < -0.39 is 11.7 Å². The fourth-order valence-corrected chi connectivity index (χ4v) is 3.49. The van der Waals surface area contributed by atoms with E-state index in [1.165, 1.54) is 25.7 Å². The Kier molecular flexibility index (Phi) is 5.06. The Bertz CT molecular complexity index is 1020. The number of halogens is 1. The van der Waals surface area contributed by atoms with Gasteiger partial charge < -0.3 is 14.6 Å². The Labute approximate surface area is 162 Å². The molecule has 0 unspecified atom stereocenters. The van der Waals surface area contributed by atoms with Crippen LogP contribution in [-0.4, -0.2) is 27.8 Å². The second-order valence-corrected chi connectivity index (χ2v) is 6.78. The number of carbonyl (C=O) groups is 1. The molecule has 0 atom stereocenters. The van der Waals surface area contributed by atoms with Gasteiger partial charge >= 0.3 is 0 Å². The first kappa shape index (κ1) is 18.2. The zero-order valence-corrected chi connectivity index (χ0v) is 15.6. The molecule has 0 saturated carbocycles. The van der Waals surface area contributed by atoms with Gasteiger partial charge in [-0.15, -0.1) is 10.2 Å². The minimum absolute atomic E-state index is 0.143. The highest BCUT2D eigenvalue weighted by atomic mass is 19.1. The minimum atomic E-state index is -0.495. The summed E-state index contributed by atoms with van der Waals surface area (Å²) in [5, 5.41) is 11.5. The van der Waals surface area contributed by atoms with Crippen LogP contribution in [0.3, 0.4) is 0 Å². The standard InChI is InChI=1S/C21H21FN4O2/c1-28-18-10-9-15(22)13-17(18)21(27)23-16-7-5-6-14(12-16)20-25-24-19-8-3-2-4-11-26(19)20/h5-7,9-10,12-13H,2-4,8,11H2,1H3,(H,23,27). The van der Waals surface area contributed by atoms with Gasteiger partial charge in [-0.25, -0.2) is 4.39 Å². The van der Waals surface area contributed by atoms with Crippen molar-refractivity contribution in [3.63, 3.8) is 0 Å². The van der Waals surface area contributed by atoms with Crippen LogP contribution in [0.4, 0.5) is 10.1 Å². The molecule has 1 aromatic heterocycles. The molecule has 0 spiro atoms. The van der Waals surface area contributed by atoms with Gasteiger partial charge in [0.15, 0.2) is 5.82 Å². The third-order valence-electron chi connectivity index (χ3n) is 4.89. The maximum atomic E-state index is 13.6. The topological polar surface area (TPSA) is 69.0 Å². The van der Waals surface area contributed by atoms with Crippen LogP contribution < -0.4 is 10.1 Å². The Morgan fingerprint density at radius 3 is 2.89 bits per heavy atom. The molecule has 0 saturated heterocycles. The van der Waals surface area contributed by atoms with Crippen LogP contribution in [0.5, 0.6) is 5.75 Å². The molecule has 2 aromatic carbocycles. The second kappa shape index (κ2) is 7.80. The van der Waals surface area contributed by atoms with Crippen molar-refractivity contribution in [2.24, 2.45) is 0 Å². The average Bonchev–Trinajstić information content (AvgIpc) is 2.96. The van der Waals surface area contributed by atoms with Gasteiger partial charge in [0.05, 0.1) is 12.7 Å². The average molecular weight is 380 g/mol. The maximum absolute atomic E-state index is 13.6. The lowest BCUT2D eigenvalue weighted by Crippen LogP contribution is -2.13. The summed E-state index contributed by atoms with van der Waals surface area (Å²) in [4.78, 5) is 12.6. The van der Waals surface area contributed by atoms with Crippen LogP contribution in [0.15, 0.2) is 42.5 Å². The number of aryl methyl sites for hydroxylation is 1. The Balaban J connectivity index is 1.61. The first-order valence-corrected chi connectivity index (χ1v) is 9.33. The number of rotatable bonds is 4. The number of hydrogen-bond donors (Lipinski definition) is 1. The van der Waals surface area contributed by atoms with Gasteiger partial charge in [-0.3, -0.25) is 4.79 Å². The molecule has 2 heterocycles. The summed E-state index contributed by atoms with van der Waals surface area (Å²) in [6, 6.07) is 11.3. The fourth-order valence-electron chi connectivity index (χ4n) is 3.49. The van der Waals surface area contributed by atoms with Crippen LogP contribution in [-0.2, 0) is 13.0 Å². The van der Waals surface area contributed by atoms with Crippen molar-refractivity contribution < 1.29 is 13.9 Å². The highest BCUT2D eigenvalue weighted by Gasteiger charge is 2.17. The summed E-state index contributed by atoms with van der Waals surface area (Å²) in [6.07, 6.45) is 4.36. The number of fused-ring (bicyclic) bond motifs is 1. The van der Waals surface area contributed by atoms with Crippen molar-refractivity contribution >= 4 is 11.6 Å². The maximum Gasteiger partial charge on any atom is 0.259 e. The molecule has 0 aliphatic carbocycles. The number of benzene rings is 2. The molecule has 6 nitrogen and oxygen atoms in total. The van der Waals surface area contributed by atoms with Crippen molar-refractivity contribution in [3.05, 3.63) is 59.7 Å². The smallest absolute Gasteiger partial charge is 0.259 e. The molecule has 1 amide bonds. The summed E-state index contributed by atoms with van der Waals surface area (Å²) in [5.74, 6) is 1.19. The molecule has 7 heteroatoms. The van der Waals surface area contributed by atoms with Gasteiger partial charge in [-0.1, -0.05) is 18.6 Å². The molecule has 28 heavy (non-hydrogen) atoms. The van der Waals surface area contributed by atoms with Crippen molar-refractivity contribution in [1.29, 1.82) is 0 Å². The fraction of sp³-hybridized carbons (Fsp3) is 0.286. The molecule has 1 N–H and O–H groups in total. The normalized spacial score (nSPS) is 13.5. The molecule has 1 aliphatic heterocycles. The van der Waals surface area contributed by atoms with Gasteiger partial charge in [0.2, 0.25) is 0 Å². The summed E-state index contributed by atoms with van der Waals surface area (Å²) >= 11 is 0. The van der Waals surface area contributed by atoms with E-state index >= 15 is 0 Å². The van der Waals surface area contributed by atoms with Crippen LogP contribution in [0, 0.1) is 5.82 Å². The third kappa shape index (κ3) is 3.60. The molecular weight excluding hydrogens is 359 g/mol. The van der Waals surface area contributed by atoms with Crippen molar-refractivity contribution in [2.45, 2.75) is 32.2 Å². The van der Waals surface area contributed by atoms with Gasteiger partial charge in [0, 0.05) is 24.2 Å². The molecule has 4 rings (SSSR count). The monoisotopic (exact) mass is 380 g/mol. The lowest BCUT2D eigenvalue weighted by molar-refractivity contribution is 0.102. The third-order valence-corrected chi connectivity index (χ3v) is 4.89. The summed E-state index contributed by atoms with van der Waals surface area (Å²) in [7, 11) is 1.45. The Morgan fingerprint density at radius 1 is 1.14 bits per heavy atom. The van der Waals surface area contributed by atoms with Gasteiger partial charge in [-0.05, 0) is 43.2 Å². The van der Waals surface area contributed by atoms with E-state index in [9.17, 15) is 9.18 Å². The first-order valence-electron chi connectivity index (χ1n) is 9.33. The molecule has 144 valence electrons. The number of anilines is 1. The van der Waals surface area contributed by atoms with Crippen LogP contribution in [0.25, 0.3) is 11.4 Å². The lowest BCUT2D eigenvalue weighted by Gasteiger charge is -2.11. The largest absolute Gasteiger partial charge is 0.496 e. The van der Waals surface area contributed by atoms with Gasteiger partial charge in [0.25, 0.3) is 5.91 Å². The van der Waals surface area contributed by atoms with E-state index in [1.807, 2.05) is 18.2 Å². The number of ether oxygens (including phenoxy) is 1. The number of hydrogen-bond acceptors (Lipinski definition) is 4. The second-order valence-electron chi connectivity index (χ2n) is 6.78. The minimum Gasteiger partial charge on any atom is -0.496 e. The molecule has 1 aliphatic rings. The van der Waals surface area contributed by atoms with Crippen molar-refractivity contribution in [1.82, 2.24) is 14.8 Å². The van der Waals surface area contributed by atoms with Crippen molar-refractivity contribution in [3.8, 4) is 17.1 Å². The predicted octanol–water partition coefficient (Wildman–Crippen LogP) is 4.07. The number of nitrogens with one attached hydrogen (secondary N) is 1. The van der Waals surface area contributed by atoms with Gasteiger partial charge in [-0.2, -0.15) is 0 Å². The highest BCUT2D eigenvalue weighted by Crippen LogP contribution is 2.26. The van der Waals surface area contributed by atoms with E-state index in [4.69, 9.17) is 4.74 Å². The highest BCUT2D eigenvalue weighted by molar-refractivity contribution is 6.06. The van der Waals surface area contributed by atoms with E-state index in [0.29, 0.717) is 11.4 Å². The molecule has 0 bridgehead atoms. The predicted molar refractivity (Wildman–Crippen MR) is 104 cm³/mol. The zero-order valence-electron chi connectivity index (χ0n) is 15.6. The molecular formula is C21H21FN4O2. The molecule has 0 fully saturated rings. The Hall–Kier alpha value is -3.22. The van der Waals surface area contributed by atoms with E-state index in [0.717, 1.165) is 49.1 Å². The number of carbonyl (C=O) groups excluding carboxylic acids is 1. The molecule has 0 radical (unpaired) electrons. The summed E-state index contributed by atoms with van der Waals surface area (Å²) in [5.41, 5.74) is 1.62. The van der Waals surface area contributed by atoms with Crippen LogP contribution >= 0.6 is 0 Å². The lowest BCUT2D eigenvalue weighted by atomic mass is 10.1. The zero-order chi connectivity index (χ0) is 19.5. The summed E-state index contributed by atoms with van der Waals surface area (Å²) in [6.45, 7) is 0.898. The number of methoxy groups -OCH3 is 1. The van der Waals surface area contributed by atoms with E-state index in [1.54, 1.807) is 6.07 Å². The molecule has 3 aromatic rings. The quantitative estimate of drug-likeness (QED) is 0.741. The van der Waals surface area contributed by atoms with Gasteiger partial charge in [0.1, 0.15) is 17.4 Å². The van der Waals surface area contributed by atoms with Crippen LogP contribution in [0.2, 0.25) is 0 Å². The van der Waals surface area contributed by atoms with Crippen molar-refractivity contribution in [2.75, 3.05) is 12.4 Å². The Morgan fingerprint density at radius 2 is 2.04 bits per heavy atom. The summed E-state index contributed by atoms with van der Waals surface area (Å²) < 4.78 is 20.9. The number of aromatic nitrogens is 3. The van der Waals surface area contributed by atoms with Crippen LogP contribution in [0.1, 0.15) is 35.4 Å². The van der Waals surface area contributed by atoms with E-state index in [2.05, 4.69) is 20.1 Å². The first-order chi connectivity index (χ1) is 13.7. The number of nitrogens with zero attached hydrogens (tertiary/aromatic N) is 3. The number of amides is 1.